The smallest absolute Gasteiger partial charge is 0.253 e. The van der Waals surface area contributed by atoms with Gasteiger partial charge in [-0.1, -0.05) is 18.2 Å². The Morgan fingerprint density at radius 1 is 1.23 bits per heavy atom. The molecule has 3 aromatic rings. The van der Waals surface area contributed by atoms with Crippen molar-refractivity contribution in [3.05, 3.63) is 70.3 Å². The number of benzene rings is 1. The molecule has 0 saturated heterocycles. The second-order valence-corrected chi connectivity index (χ2v) is 8.57. The monoisotopic (exact) mass is 442 g/mol. The minimum atomic E-state index is -0.246. The molecule has 0 aliphatic carbocycles. The van der Waals surface area contributed by atoms with E-state index in [1.165, 1.54) is 11.8 Å². The number of carbonyl (C=O) groups is 1. The van der Waals surface area contributed by atoms with Crippen LogP contribution in [0.1, 0.15) is 28.7 Å². The number of thiophene rings is 1. The molecule has 1 atom stereocenters. The number of amides is 1. The Morgan fingerprint density at radius 3 is 2.83 bits per heavy atom. The highest BCUT2D eigenvalue weighted by molar-refractivity contribution is 7.99. The first-order chi connectivity index (χ1) is 14.7. The standard InChI is InChI=1S/C22H22N2O4S2/c1-26-19-8-3-7-16(22(19)27-2)18-12-17(20-9-5-11-30-20)23-24(18)21(25)14-29-13-15-6-4-10-28-15/h3-11,18H,12-14H2,1-2H3. The van der Waals surface area contributed by atoms with Crippen LogP contribution in [0.4, 0.5) is 0 Å². The summed E-state index contributed by atoms with van der Waals surface area (Å²) in [7, 11) is 3.22. The molecule has 6 nitrogen and oxygen atoms in total. The Balaban J connectivity index is 1.59. The maximum Gasteiger partial charge on any atom is 0.253 e. The molecule has 8 heteroatoms. The average Bonchev–Trinajstić information content (AvgIpc) is 3.54. The first kappa shape index (κ1) is 20.6. The van der Waals surface area contributed by atoms with Gasteiger partial charge < -0.3 is 13.9 Å². The molecule has 1 unspecified atom stereocenters. The van der Waals surface area contributed by atoms with Crippen molar-refractivity contribution in [2.24, 2.45) is 5.10 Å². The summed E-state index contributed by atoms with van der Waals surface area (Å²) in [6.45, 7) is 0. The number of rotatable bonds is 8. The summed E-state index contributed by atoms with van der Waals surface area (Å²) in [6, 6.07) is 13.3. The van der Waals surface area contributed by atoms with Crippen molar-refractivity contribution in [2.75, 3.05) is 20.0 Å². The highest BCUT2D eigenvalue weighted by Gasteiger charge is 2.35. The van der Waals surface area contributed by atoms with Crippen LogP contribution in [0.3, 0.4) is 0 Å². The molecule has 0 spiro atoms. The van der Waals surface area contributed by atoms with Crippen LogP contribution >= 0.6 is 23.1 Å². The Morgan fingerprint density at radius 2 is 2.13 bits per heavy atom. The lowest BCUT2D eigenvalue weighted by molar-refractivity contribution is -0.130. The molecule has 1 aromatic carbocycles. The quantitative estimate of drug-likeness (QED) is 0.493. The van der Waals surface area contributed by atoms with Crippen molar-refractivity contribution < 1.29 is 18.7 Å². The van der Waals surface area contributed by atoms with Crippen LogP contribution in [0.15, 0.2) is 63.6 Å². The van der Waals surface area contributed by atoms with Crippen molar-refractivity contribution in [3.8, 4) is 11.5 Å². The van der Waals surface area contributed by atoms with Gasteiger partial charge in [0.05, 0.1) is 48.6 Å². The predicted molar refractivity (Wildman–Crippen MR) is 119 cm³/mol. The summed E-state index contributed by atoms with van der Waals surface area (Å²) < 4.78 is 16.4. The van der Waals surface area contributed by atoms with Gasteiger partial charge >= 0.3 is 0 Å². The van der Waals surface area contributed by atoms with Gasteiger partial charge in [-0.3, -0.25) is 4.79 Å². The fourth-order valence-electron chi connectivity index (χ4n) is 3.45. The third-order valence-electron chi connectivity index (χ3n) is 4.81. The van der Waals surface area contributed by atoms with Gasteiger partial charge in [0.1, 0.15) is 5.76 Å². The first-order valence-electron chi connectivity index (χ1n) is 9.45. The molecule has 1 amide bonds. The van der Waals surface area contributed by atoms with E-state index in [0.717, 1.165) is 21.9 Å². The topological polar surface area (TPSA) is 64.3 Å². The number of para-hydroxylation sites is 1. The molecule has 4 rings (SSSR count). The van der Waals surface area contributed by atoms with E-state index in [1.54, 1.807) is 36.8 Å². The number of carbonyl (C=O) groups excluding carboxylic acids is 1. The lowest BCUT2D eigenvalue weighted by Crippen LogP contribution is -2.29. The van der Waals surface area contributed by atoms with Crippen LogP contribution in [0.25, 0.3) is 0 Å². The van der Waals surface area contributed by atoms with E-state index in [-0.39, 0.29) is 11.9 Å². The van der Waals surface area contributed by atoms with Gasteiger partial charge in [0.15, 0.2) is 11.5 Å². The Bertz CT molecular complexity index is 1020. The molecule has 1 aliphatic rings. The molecular formula is C22H22N2O4S2. The second kappa shape index (κ2) is 9.40. The summed E-state index contributed by atoms with van der Waals surface area (Å²) in [5, 5.41) is 8.33. The van der Waals surface area contributed by atoms with Gasteiger partial charge in [-0.2, -0.15) is 5.10 Å². The summed E-state index contributed by atoms with van der Waals surface area (Å²) >= 11 is 3.13. The van der Waals surface area contributed by atoms with Crippen LogP contribution in [-0.4, -0.2) is 36.6 Å². The molecule has 3 heterocycles. The number of nitrogens with zero attached hydrogens (tertiary/aromatic N) is 2. The van der Waals surface area contributed by atoms with Crippen molar-refractivity contribution in [3.63, 3.8) is 0 Å². The van der Waals surface area contributed by atoms with Crippen molar-refractivity contribution in [1.29, 1.82) is 0 Å². The second-order valence-electron chi connectivity index (χ2n) is 6.64. The largest absolute Gasteiger partial charge is 0.493 e. The molecule has 156 valence electrons. The van der Waals surface area contributed by atoms with Gasteiger partial charge in [-0.15, -0.1) is 23.1 Å². The normalized spacial score (nSPS) is 15.9. The molecule has 0 bridgehead atoms. The number of furan rings is 1. The molecule has 0 radical (unpaired) electrons. The first-order valence-corrected chi connectivity index (χ1v) is 11.5. The van der Waals surface area contributed by atoms with E-state index in [2.05, 4.69) is 0 Å². The van der Waals surface area contributed by atoms with Crippen LogP contribution in [0.2, 0.25) is 0 Å². The Labute approximate surface area is 183 Å². The van der Waals surface area contributed by atoms with Crippen LogP contribution in [0, 0.1) is 0 Å². The highest BCUT2D eigenvalue weighted by atomic mass is 32.2. The van der Waals surface area contributed by atoms with Crippen LogP contribution in [0.5, 0.6) is 11.5 Å². The van der Waals surface area contributed by atoms with Crippen molar-refractivity contribution in [2.45, 2.75) is 18.2 Å². The molecule has 1 aliphatic heterocycles. The zero-order valence-electron chi connectivity index (χ0n) is 16.7. The lowest BCUT2D eigenvalue weighted by Gasteiger charge is -2.24. The number of ether oxygens (including phenoxy) is 2. The predicted octanol–water partition coefficient (Wildman–Crippen LogP) is 4.97. The molecule has 0 saturated carbocycles. The van der Waals surface area contributed by atoms with Crippen molar-refractivity contribution >= 4 is 34.7 Å². The summed E-state index contributed by atoms with van der Waals surface area (Å²) in [5.74, 6) is 3.02. The Kier molecular flexibility index (Phi) is 6.44. The summed E-state index contributed by atoms with van der Waals surface area (Å²) in [4.78, 5) is 14.2. The molecule has 0 N–H and O–H groups in total. The van der Waals surface area contributed by atoms with Gasteiger partial charge in [-0.25, -0.2) is 5.01 Å². The number of methoxy groups -OCH3 is 2. The zero-order valence-corrected chi connectivity index (χ0v) is 18.4. The van der Waals surface area contributed by atoms with Crippen molar-refractivity contribution in [1.82, 2.24) is 5.01 Å². The Hall–Kier alpha value is -2.71. The van der Waals surface area contributed by atoms with Gasteiger partial charge in [-0.05, 0) is 29.6 Å². The van der Waals surface area contributed by atoms with E-state index in [9.17, 15) is 4.79 Å². The summed E-state index contributed by atoms with van der Waals surface area (Å²) in [6.07, 6.45) is 2.26. The van der Waals surface area contributed by atoms with E-state index < -0.39 is 0 Å². The van der Waals surface area contributed by atoms with E-state index in [0.29, 0.717) is 29.4 Å². The molecule has 0 fully saturated rings. The SMILES string of the molecule is COc1cccc(C2CC(c3cccs3)=NN2C(=O)CSCc2ccco2)c1OC. The third-order valence-corrected chi connectivity index (χ3v) is 6.67. The molecular weight excluding hydrogens is 420 g/mol. The van der Waals surface area contributed by atoms with E-state index in [1.807, 2.05) is 47.8 Å². The number of hydrogen-bond acceptors (Lipinski definition) is 7. The van der Waals surface area contributed by atoms with E-state index >= 15 is 0 Å². The van der Waals surface area contributed by atoms with Crippen LogP contribution < -0.4 is 9.47 Å². The third kappa shape index (κ3) is 4.24. The van der Waals surface area contributed by atoms with Gasteiger partial charge in [0, 0.05) is 12.0 Å². The number of hydrogen-bond donors (Lipinski definition) is 0. The average molecular weight is 443 g/mol. The fraction of sp³-hybridized carbons (Fsp3) is 0.273. The minimum absolute atomic E-state index is 0.0482. The molecule has 2 aromatic heterocycles. The van der Waals surface area contributed by atoms with E-state index in [4.69, 9.17) is 19.0 Å². The number of hydrazone groups is 1. The summed E-state index contributed by atoms with van der Waals surface area (Å²) in [5.41, 5.74) is 1.79. The fourth-order valence-corrected chi connectivity index (χ4v) is 4.94. The van der Waals surface area contributed by atoms with Crippen LogP contribution in [-0.2, 0) is 10.5 Å². The van der Waals surface area contributed by atoms with Gasteiger partial charge in [0.2, 0.25) is 0 Å². The maximum atomic E-state index is 13.1. The number of thioether (sulfide) groups is 1. The highest BCUT2D eigenvalue weighted by Crippen LogP contribution is 2.42. The lowest BCUT2D eigenvalue weighted by atomic mass is 9.99. The maximum absolute atomic E-state index is 13.1. The molecule has 30 heavy (non-hydrogen) atoms. The zero-order chi connectivity index (χ0) is 20.9. The van der Waals surface area contributed by atoms with Gasteiger partial charge in [0.25, 0.3) is 5.91 Å². The minimum Gasteiger partial charge on any atom is -0.493 e.